The molecule has 0 atom stereocenters. The first-order chi connectivity index (χ1) is 9.13. The van der Waals surface area contributed by atoms with Crippen molar-refractivity contribution in [3.63, 3.8) is 0 Å². The maximum Gasteiger partial charge on any atom is 0.323 e. The summed E-state index contributed by atoms with van der Waals surface area (Å²) in [5, 5.41) is 13.0. The lowest BCUT2D eigenvalue weighted by Gasteiger charge is -2.10. The number of methoxy groups -OCH3 is 1. The minimum Gasteiger partial charge on any atom is -0.493 e. The van der Waals surface area contributed by atoms with Crippen molar-refractivity contribution in [3.05, 3.63) is 24.3 Å². The van der Waals surface area contributed by atoms with Crippen LogP contribution in [-0.2, 0) is 4.79 Å². The van der Waals surface area contributed by atoms with Gasteiger partial charge in [0.05, 0.1) is 13.7 Å². The third-order valence-corrected chi connectivity index (χ3v) is 2.11. The summed E-state index contributed by atoms with van der Waals surface area (Å²) >= 11 is 0. The molecule has 104 valence electrons. The number of nitrogens with one attached hydrogen (secondary N) is 2. The van der Waals surface area contributed by atoms with E-state index in [0.717, 1.165) is 0 Å². The Kier molecular flexibility index (Phi) is 6.00. The number of hydrogen-bond donors (Lipinski definition) is 3. The second-order valence-electron chi connectivity index (χ2n) is 3.50. The number of aliphatic carboxylic acids is 1. The normalized spacial score (nSPS) is 9.53. The Morgan fingerprint density at radius 1 is 1.21 bits per heavy atom. The molecule has 0 saturated heterocycles. The third kappa shape index (κ3) is 5.62. The van der Waals surface area contributed by atoms with Crippen molar-refractivity contribution in [1.82, 2.24) is 10.6 Å². The Balaban J connectivity index is 2.23. The van der Waals surface area contributed by atoms with E-state index >= 15 is 0 Å². The summed E-state index contributed by atoms with van der Waals surface area (Å²) in [6.07, 6.45) is 0. The molecule has 0 spiro atoms. The molecule has 2 amide bonds. The summed E-state index contributed by atoms with van der Waals surface area (Å²) in [4.78, 5) is 21.3. The molecule has 1 rings (SSSR count). The van der Waals surface area contributed by atoms with Crippen molar-refractivity contribution < 1.29 is 24.2 Å². The molecule has 0 aliphatic carbocycles. The van der Waals surface area contributed by atoms with E-state index in [2.05, 4.69) is 10.6 Å². The quantitative estimate of drug-likeness (QED) is 0.624. The number of carboxylic acid groups (broad SMARTS) is 1. The topological polar surface area (TPSA) is 96.9 Å². The van der Waals surface area contributed by atoms with Gasteiger partial charge < -0.3 is 25.2 Å². The van der Waals surface area contributed by atoms with Gasteiger partial charge in [0.25, 0.3) is 0 Å². The Hall–Kier alpha value is -2.44. The minimum atomic E-state index is -1.10. The van der Waals surface area contributed by atoms with Crippen molar-refractivity contribution in [2.24, 2.45) is 0 Å². The zero-order chi connectivity index (χ0) is 14.1. The second kappa shape index (κ2) is 7.80. The molecule has 7 heteroatoms. The Morgan fingerprint density at radius 2 is 1.89 bits per heavy atom. The molecular formula is C12H16N2O5. The number of amides is 2. The maximum atomic E-state index is 11.1. The van der Waals surface area contributed by atoms with Crippen LogP contribution in [0.15, 0.2) is 24.3 Å². The van der Waals surface area contributed by atoms with Crippen LogP contribution in [0.1, 0.15) is 0 Å². The second-order valence-corrected chi connectivity index (χ2v) is 3.50. The first-order valence-electron chi connectivity index (χ1n) is 5.63. The van der Waals surface area contributed by atoms with E-state index < -0.39 is 18.5 Å². The summed E-state index contributed by atoms with van der Waals surface area (Å²) in [6.45, 7) is 0.0869. The number of para-hydroxylation sites is 2. The summed E-state index contributed by atoms with van der Waals surface area (Å²) in [6, 6.07) is 6.60. The largest absolute Gasteiger partial charge is 0.493 e. The van der Waals surface area contributed by atoms with Crippen LogP contribution in [0.3, 0.4) is 0 Å². The van der Waals surface area contributed by atoms with Crippen LogP contribution in [0.2, 0.25) is 0 Å². The molecule has 19 heavy (non-hydrogen) atoms. The fourth-order valence-corrected chi connectivity index (χ4v) is 1.28. The third-order valence-electron chi connectivity index (χ3n) is 2.11. The van der Waals surface area contributed by atoms with Gasteiger partial charge in [-0.1, -0.05) is 12.1 Å². The number of carbonyl (C=O) groups excluding carboxylic acids is 1. The fraction of sp³-hybridized carbons (Fsp3) is 0.333. The van der Waals surface area contributed by atoms with Gasteiger partial charge in [-0.15, -0.1) is 0 Å². The van der Waals surface area contributed by atoms with Gasteiger partial charge in [0, 0.05) is 0 Å². The van der Waals surface area contributed by atoms with E-state index in [4.69, 9.17) is 14.6 Å². The number of benzene rings is 1. The summed E-state index contributed by atoms with van der Waals surface area (Å²) in [5.41, 5.74) is 0. The average molecular weight is 268 g/mol. The van der Waals surface area contributed by atoms with Crippen molar-refractivity contribution in [3.8, 4) is 11.5 Å². The van der Waals surface area contributed by atoms with Crippen molar-refractivity contribution in [2.75, 3.05) is 26.8 Å². The van der Waals surface area contributed by atoms with Crippen LogP contribution in [0.25, 0.3) is 0 Å². The van der Waals surface area contributed by atoms with Crippen molar-refractivity contribution >= 4 is 12.0 Å². The summed E-state index contributed by atoms with van der Waals surface area (Å²) < 4.78 is 10.5. The zero-order valence-electron chi connectivity index (χ0n) is 10.5. The van der Waals surface area contributed by atoms with E-state index in [9.17, 15) is 9.59 Å². The summed E-state index contributed by atoms with van der Waals surface area (Å²) in [7, 11) is 1.54. The van der Waals surface area contributed by atoms with Crippen molar-refractivity contribution in [2.45, 2.75) is 0 Å². The molecule has 0 fully saturated rings. The Bertz CT molecular complexity index is 436. The number of ether oxygens (including phenoxy) is 2. The molecule has 0 aliphatic rings. The molecule has 1 aromatic carbocycles. The lowest BCUT2D eigenvalue weighted by molar-refractivity contribution is -0.135. The molecule has 7 nitrogen and oxygen atoms in total. The van der Waals surface area contributed by atoms with Gasteiger partial charge >= 0.3 is 12.0 Å². The Morgan fingerprint density at radius 3 is 2.53 bits per heavy atom. The highest BCUT2D eigenvalue weighted by molar-refractivity contribution is 5.79. The van der Waals surface area contributed by atoms with Gasteiger partial charge in [0.15, 0.2) is 11.5 Å². The van der Waals surface area contributed by atoms with Gasteiger partial charge in [0.2, 0.25) is 0 Å². The number of rotatable bonds is 7. The van der Waals surface area contributed by atoms with Gasteiger partial charge in [-0.3, -0.25) is 4.79 Å². The van der Waals surface area contributed by atoms with Crippen LogP contribution < -0.4 is 20.1 Å². The molecule has 3 N–H and O–H groups in total. The van der Waals surface area contributed by atoms with E-state index in [-0.39, 0.29) is 13.2 Å². The predicted octanol–water partition coefficient (Wildman–Crippen LogP) is 0.458. The molecule has 0 saturated carbocycles. The number of carboxylic acids is 1. The summed E-state index contributed by atoms with van der Waals surface area (Å²) in [5.74, 6) is 0.0935. The number of hydrogen-bond acceptors (Lipinski definition) is 4. The molecule has 0 bridgehead atoms. The smallest absolute Gasteiger partial charge is 0.323 e. The van der Waals surface area contributed by atoms with Crippen LogP contribution in [0, 0.1) is 0 Å². The standard InChI is InChI=1S/C12H16N2O5/c1-18-9-4-2-3-5-10(9)19-7-6-13-12(17)14-8-11(15)16/h2-5H,6-8H2,1H3,(H,15,16)(H2,13,14,17). The van der Waals surface area contributed by atoms with E-state index in [1.165, 1.54) is 0 Å². The monoisotopic (exact) mass is 268 g/mol. The van der Waals surface area contributed by atoms with Crippen LogP contribution in [0.5, 0.6) is 11.5 Å². The van der Waals surface area contributed by atoms with E-state index in [1.54, 1.807) is 19.2 Å². The first kappa shape index (κ1) is 14.6. The molecule has 0 radical (unpaired) electrons. The fourth-order valence-electron chi connectivity index (χ4n) is 1.28. The number of urea groups is 1. The molecule has 0 aromatic heterocycles. The lowest BCUT2D eigenvalue weighted by atomic mass is 10.3. The minimum absolute atomic E-state index is 0.251. The first-order valence-corrected chi connectivity index (χ1v) is 5.63. The molecule has 0 unspecified atom stereocenters. The highest BCUT2D eigenvalue weighted by Crippen LogP contribution is 2.25. The van der Waals surface area contributed by atoms with Crippen LogP contribution in [-0.4, -0.2) is 43.9 Å². The van der Waals surface area contributed by atoms with Gasteiger partial charge in [-0.05, 0) is 12.1 Å². The lowest BCUT2D eigenvalue weighted by Crippen LogP contribution is -2.40. The molecule has 0 aliphatic heterocycles. The predicted molar refractivity (Wildman–Crippen MR) is 67.5 cm³/mol. The highest BCUT2D eigenvalue weighted by atomic mass is 16.5. The van der Waals surface area contributed by atoms with Gasteiger partial charge in [-0.25, -0.2) is 4.79 Å². The van der Waals surface area contributed by atoms with E-state index in [0.29, 0.717) is 11.5 Å². The highest BCUT2D eigenvalue weighted by Gasteiger charge is 2.04. The average Bonchev–Trinajstić information content (AvgIpc) is 2.41. The maximum absolute atomic E-state index is 11.1. The van der Waals surface area contributed by atoms with Crippen LogP contribution in [0.4, 0.5) is 4.79 Å². The van der Waals surface area contributed by atoms with Gasteiger partial charge in [0.1, 0.15) is 13.2 Å². The van der Waals surface area contributed by atoms with E-state index in [1.807, 2.05) is 12.1 Å². The molecule has 1 aromatic rings. The van der Waals surface area contributed by atoms with Crippen molar-refractivity contribution in [1.29, 1.82) is 0 Å². The van der Waals surface area contributed by atoms with Gasteiger partial charge in [-0.2, -0.15) is 0 Å². The Labute approximate surface area is 110 Å². The zero-order valence-corrected chi connectivity index (χ0v) is 10.5. The molecule has 0 heterocycles. The van der Waals surface area contributed by atoms with Crippen LogP contribution >= 0.6 is 0 Å². The SMILES string of the molecule is COc1ccccc1OCCNC(=O)NCC(=O)O. The number of carbonyl (C=O) groups is 2. The molecular weight excluding hydrogens is 252 g/mol.